The van der Waals surface area contributed by atoms with Gasteiger partial charge in [0.05, 0.1) is 6.61 Å². The molecule has 1 aromatic rings. The minimum atomic E-state index is -0.166. The molecule has 0 saturated carbocycles. The zero-order valence-electron chi connectivity index (χ0n) is 12.9. The lowest BCUT2D eigenvalue weighted by molar-refractivity contribution is 0.154. The van der Waals surface area contributed by atoms with Crippen LogP contribution >= 0.6 is 0 Å². The third-order valence-electron chi connectivity index (χ3n) is 3.52. The summed E-state index contributed by atoms with van der Waals surface area (Å²) in [6.07, 6.45) is 1.42. The maximum atomic E-state index is 14.1. The molecule has 0 saturated heterocycles. The monoisotopic (exact) mass is 282 g/mol. The molecule has 0 aromatic heterocycles. The van der Waals surface area contributed by atoms with Crippen LogP contribution in [0.15, 0.2) is 18.2 Å². The molecule has 2 N–H and O–H groups in total. The highest BCUT2D eigenvalue weighted by atomic mass is 19.1. The van der Waals surface area contributed by atoms with E-state index in [0.717, 1.165) is 30.8 Å². The van der Waals surface area contributed by atoms with Crippen molar-refractivity contribution in [3.05, 3.63) is 29.6 Å². The van der Waals surface area contributed by atoms with Gasteiger partial charge < -0.3 is 15.4 Å². The summed E-state index contributed by atoms with van der Waals surface area (Å²) in [5.41, 5.74) is 7.66. The summed E-state index contributed by atoms with van der Waals surface area (Å²) < 4.78 is 19.5. The largest absolute Gasteiger partial charge is 0.380 e. The molecule has 0 fully saturated rings. The van der Waals surface area contributed by atoms with Crippen LogP contribution in [-0.4, -0.2) is 32.3 Å². The Hall–Kier alpha value is -1.13. The maximum absolute atomic E-state index is 14.1. The minimum Gasteiger partial charge on any atom is -0.380 e. The van der Waals surface area contributed by atoms with Gasteiger partial charge in [0.25, 0.3) is 0 Å². The molecule has 0 aliphatic carbocycles. The van der Waals surface area contributed by atoms with Gasteiger partial charge in [-0.1, -0.05) is 13.0 Å². The highest BCUT2D eigenvalue weighted by Gasteiger charge is 2.15. The van der Waals surface area contributed by atoms with Crippen molar-refractivity contribution in [2.75, 3.05) is 31.2 Å². The predicted octanol–water partition coefficient (Wildman–Crippen LogP) is 2.97. The van der Waals surface area contributed by atoms with E-state index in [9.17, 15) is 4.39 Å². The molecule has 1 unspecified atom stereocenters. The van der Waals surface area contributed by atoms with E-state index < -0.39 is 0 Å². The Labute approximate surface area is 121 Å². The summed E-state index contributed by atoms with van der Waals surface area (Å²) in [6, 6.07) is 5.24. The van der Waals surface area contributed by atoms with Crippen LogP contribution in [0.5, 0.6) is 0 Å². The molecule has 0 heterocycles. The van der Waals surface area contributed by atoms with Crippen molar-refractivity contribution in [3.8, 4) is 0 Å². The van der Waals surface area contributed by atoms with Crippen LogP contribution < -0.4 is 10.6 Å². The molecule has 114 valence electrons. The van der Waals surface area contributed by atoms with Gasteiger partial charge in [-0.3, -0.25) is 0 Å². The van der Waals surface area contributed by atoms with Gasteiger partial charge in [0.2, 0.25) is 0 Å². The van der Waals surface area contributed by atoms with Crippen molar-refractivity contribution < 1.29 is 9.13 Å². The second-order valence-electron chi connectivity index (χ2n) is 4.89. The van der Waals surface area contributed by atoms with E-state index in [1.165, 1.54) is 6.07 Å². The van der Waals surface area contributed by atoms with Crippen LogP contribution in [0, 0.1) is 5.82 Å². The Balaban J connectivity index is 2.92. The van der Waals surface area contributed by atoms with E-state index >= 15 is 0 Å². The fourth-order valence-corrected chi connectivity index (χ4v) is 2.22. The van der Waals surface area contributed by atoms with Crippen LogP contribution in [0.2, 0.25) is 0 Å². The predicted molar refractivity (Wildman–Crippen MR) is 82.8 cm³/mol. The van der Waals surface area contributed by atoms with Gasteiger partial charge in [-0.2, -0.15) is 0 Å². The fraction of sp³-hybridized carbons (Fsp3) is 0.625. The third kappa shape index (κ3) is 4.76. The van der Waals surface area contributed by atoms with Gasteiger partial charge in [-0.05, 0) is 38.8 Å². The number of likely N-dealkylation sites (N-methyl/N-ethyl adjacent to an activating group) is 1. The van der Waals surface area contributed by atoms with Gasteiger partial charge >= 0.3 is 0 Å². The molecule has 0 bridgehead atoms. The molecule has 1 atom stereocenters. The number of hydrogen-bond donors (Lipinski definition) is 1. The van der Waals surface area contributed by atoms with E-state index in [1.54, 1.807) is 6.07 Å². The molecule has 0 spiro atoms. The zero-order valence-corrected chi connectivity index (χ0v) is 12.9. The number of ether oxygens (including phenoxy) is 1. The van der Waals surface area contributed by atoms with Crippen molar-refractivity contribution in [1.82, 2.24) is 0 Å². The Morgan fingerprint density at radius 1 is 1.30 bits per heavy atom. The smallest absolute Gasteiger partial charge is 0.128 e. The van der Waals surface area contributed by atoms with Crippen molar-refractivity contribution in [2.45, 2.75) is 39.7 Å². The van der Waals surface area contributed by atoms with E-state index in [4.69, 9.17) is 10.5 Å². The summed E-state index contributed by atoms with van der Waals surface area (Å²) in [7, 11) is 0. The lowest BCUT2D eigenvalue weighted by Gasteiger charge is -2.26. The number of benzene rings is 1. The van der Waals surface area contributed by atoms with Gasteiger partial charge in [-0.25, -0.2) is 4.39 Å². The fourth-order valence-electron chi connectivity index (χ4n) is 2.22. The van der Waals surface area contributed by atoms with Crippen LogP contribution in [0.1, 0.15) is 32.8 Å². The van der Waals surface area contributed by atoms with E-state index in [1.807, 2.05) is 19.9 Å². The summed E-state index contributed by atoms with van der Waals surface area (Å²) in [5, 5.41) is 0. The van der Waals surface area contributed by atoms with Gasteiger partial charge in [-0.15, -0.1) is 0 Å². The lowest BCUT2D eigenvalue weighted by Crippen LogP contribution is -2.30. The molecule has 1 aromatic carbocycles. The van der Waals surface area contributed by atoms with Crippen molar-refractivity contribution >= 4 is 5.69 Å². The Morgan fingerprint density at radius 2 is 2.05 bits per heavy atom. The van der Waals surface area contributed by atoms with Crippen molar-refractivity contribution in [1.29, 1.82) is 0 Å². The first kappa shape index (κ1) is 16.9. The highest BCUT2D eigenvalue weighted by molar-refractivity contribution is 5.54. The van der Waals surface area contributed by atoms with Crippen molar-refractivity contribution in [2.24, 2.45) is 5.73 Å². The first-order chi connectivity index (χ1) is 9.63. The molecule has 0 amide bonds. The average molecular weight is 282 g/mol. The van der Waals surface area contributed by atoms with Crippen molar-refractivity contribution in [3.63, 3.8) is 0 Å². The normalized spacial score (nSPS) is 12.4. The number of hydrogen-bond acceptors (Lipinski definition) is 3. The molecule has 0 aliphatic rings. The summed E-state index contributed by atoms with van der Waals surface area (Å²) in [4.78, 5) is 2.15. The quantitative estimate of drug-likeness (QED) is 0.708. The van der Waals surface area contributed by atoms with E-state index in [2.05, 4.69) is 11.8 Å². The standard InChI is InChI=1S/C16H27FN2O/c1-4-13(18)12-14-15(17)8-7-9-16(14)19(5-2)10-11-20-6-3/h7-9,13H,4-6,10-12,18H2,1-3H3. The number of anilines is 1. The van der Waals surface area contributed by atoms with Gasteiger partial charge in [0, 0.05) is 37.0 Å². The van der Waals surface area contributed by atoms with Crippen LogP contribution in [-0.2, 0) is 11.2 Å². The summed E-state index contributed by atoms with van der Waals surface area (Å²) in [5.74, 6) is -0.166. The molecule has 20 heavy (non-hydrogen) atoms. The molecule has 3 nitrogen and oxygen atoms in total. The van der Waals surface area contributed by atoms with E-state index in [-0.39, 0.29) is 11.9 Å². The second kappa shape index (κ2) is 8.93. The number of halogens is 1. The number of rotatable bonds is 9. The summed E-state index contributed by atoms with van der Waals surface area (Å²) in [6.45, 7) is 9.02. The SMILES string of the molecule is CCOCCN(CC)c1cccc(F)c1CC(N)CC. The average Bonchev–Trinajstić information content (AvgIpc) is 2.46. The summed E-state index contributed by atoms with van der Waals surface area (Å²) >= 11 is 0. The van der Waals surface area contributed by atoms with Crippen LogP contribution in [0.4, 0.5) is 10.1 Å². The van der Waals surface area contributed by atoms with Crippen LogP contribution in [0.25, 0.3) is 0 Å². The maximum Gasteiger partial charge on any atom is 0.128 e. The minimum absolute atomic E-state index is 0.00347. The third-order valence-corrected chi connectivity index (χ3v) is 3.52. The van der Waals surface area contributed by atoms with Crippen LogP contribution in [0.3, 0.4) is 0 Å². The lowest BCUT2D eigenvalue weighted by atomic mass is 10.0. The zero-order chi connectivity index (χ0) is 15.0. The Morgan fingerprint density at radius 3 is 2.65 bits per heavy atom. The highest BCUT2D eigenvalue weighted by Crippen LogP contribution is 2.24. The Bertz CT molecular complexity index is 398. The second-order valence-corrected chi connectivity index (χ2v) is 4.89. The molecule has 0 aliphatic heterocycles. The van der Waals surface area contributed by atoms with Gasteiger partial charge in [0.15, 0.2) is 0 Å². The number of nitrogens with two attached hydrogens (primary N) is 1. The van der Waals surface area contributed by atoms with Gasteiger partial charge in [0.1, 0.15) is 5.82 Å². The van der Waals surface area contributed by atoms with E-state index in [0.29, 0.717) is 19.6 Å². The topological polar surface area (TPSA) is 38.5 Å². The molecular weight excluding hydrogens is 255 g/mol. The number of nitrogens with zero attached hydrogens (tertiary/aromatic N) is 1. The molecule has 1 rings (SSSR count). The molecular formula is C16H27FN2O. The molecule has 4 heteroatoms. The first-order valence-corrected chi connectivity index (χ1v) is 7.49. The first-order valence-electron chi connectivity index (χ1n) is 7.49. The Kier molecular flexibility index (Phi) is 7.55. The molecule has 0 radical (unpaired) electrons.